The van der Waals surface area contributed by atoms with Gasteiger partial charge in [-0.1, -0.05) is 20.8 Å². The number of pyridine rings is 1. The van der Waals surface area contributed by atoms with Crippen molar-refractivity contribution in [3.05, 3.63) is 34.2 Å². The zero-order chi connectivity index (χ0) is 11.6. The summed E-state index contributed by atoms with van der Waals surface area (Å²) in [4.78, 5) is 23.2. The van der Waals surface area contributed by atoms with Crippen LogP contribution in [0.5, 0.6) is 0 Å². The third kappa shape index (κ3) is 3.05. The Kier molecular flexibility index (Phi) is 3.12. The topological polar surface area (TPSA) is 39.1 Å². The molecule has 15 heavy (non-hydrogen) atoms. The predicted octanol–water partition coefficient (Wildman–Crippen LogP) is 1.77. The Bertz CT molecular complexity index is 424. The summed E-state index contributed by atoms with van der Waals surface area (Å²) in [5.74, 6) is 0.0634. The Labute approximate surface area is 89.7 Å². The molecular formula is C12H17NO2. The molecule has 1 aromatic heterocycles. The maximum atomic E-state index is 11.7. The van der Waals surface area contributed by atoms with E-state index < -0.39 is 5.41 Å². The van der Waals surface area contributed by atoms with E-state index in [4.69, 9.17) is 0 Å². The highest BCUT2D eigenvalue weighted by Gasteiger charge is 2.21. The number of Topliss-reactive ketones (excluding diaryl/α,β-unsaturated/α-hetero) is 1. The quantitative estimate of drug-likeness (QED) is 0.741. The molecule has 82 valence electrons. The Hall–Kier alpha value is -1.38. The van der Waals surface area contributed by atoms with Gasteiger partial charge >= 0.3 is 0 Å². The van der Waals surface area contributed by atoms with Crippen LogP contribution < -0.4 is 5.56 Å². The van der Waals surface area contributed by atoms with Crippen molar-refractivity contribution >= 4 is 5.78 Å². The van der Waals surface area contributed by atoms with Crippen molar-refractivity contribution in [2.75, 3.05) is 0 Å². The van der Waals surface area contributed by atoms with Crippen LogP contribution in [0.4, 0.5) is 0 Å². The number of hydrogen-bond acceptors (Lipinski definition) is 2. The molecular weight excluding hydrogens is 190 g/mol. The first-order valence-electron chi connectivity index (χ1n) is 5.01. The van der Waals surface area contributed by atoms with Crippen molar-refractivity contribution in [1.82, 2.24) is 4.57 Å². The van der Waals surface area contributed by atoms with E-state index in [2.05, 4.69) is 0 Å². The monoisotopic (exact) mass is 207 g/mol. The van der Waals surface area contributed by atoms with Gasteiger partial charge in [-0.3, -0.25) is 9.59 Å². The van der Waals surface area contributed by atoms with Gasteiger partial charge in [-0.05, 0) is 18.6 Å². The SMILES string of the molecule is Cc1ccn(CC(=O)C(C)(C)C)c(=O)c1. The zero-order valence-electron chi connectivity index (χ0n) is 9.70. The van der Waals surface area contributed by atoms with Gasteiger partial charge in [0, 0.05) is 17.7 Å². The molecule has 0 atom stereocenters. The van der Waals surface area contributed by atoms with Crippen molar-refractivity contribution in [3.8, 4) is 0 Å². The number of hydrogen-bond donors (Lipinski definition) is 0. The molecule has 0 N–H and O–H groups in total. The summed E-state index contributed by atoms with van der Waals surface area (Å²) in [5.41, 5.74) is 0.400. The van der Waals surface area contributed by atoms with Gasteiger partial charge in [0.05, 0.1) is 6.54 Å². The molecule has 0 fully saturated rings. The summed E-state index contributed by atoms with van der Waals surface area (Å²) < 4.78 is 1.45. The number of carbonyl (C=O) groups excluding carboxylic acids is 1. The zero-order valence-corrected chi connectivity index (χ0v) is 9.70. The van der Waals surface area contributed by atoms with Crippen LogP contribution >= 0.6 is 0 Å². The lowest BCUT2D eigenvalue weighted by Crippen LogP contribution is -2.30. The van der Waals surface area contributed by atoms with Crippen LogP contribution in [0.15, 0.2) is 23.1 Å². The molecule has 0 aliphatic carbocycles. The molecule has 0 aliphatic heterocycles. The second-order valence-corrected chi connectivity index (χ2v) is 4.84. The average Bonchev–Trinajstić information content (AvgIpc) is 2.08. The molecule has 1 rings (SSSR count). The lowest BCUT2D eigenvalue weighted by atomic mass is 9.91. The maximum Gasteiger partial charge on any atom is 0.251 e. The predicted molar refractivity (Wildman–Crippen MR) is 59.9 cm³/mol. The highest BCUT2D eigenvalue weighted by Crippen LogP contribution is 2.15. The number of ketones is 1. The lowest BCUT2D eigenvalue weighted by molar-refractivity contribution is -0.126. The van der Waals surface area contributed by atoms with Crippen molar-refractivity contribution in [1.29, 1.82) is 0 Å². The van der Waals surface area contributed by atoms with Crippen LogP contribution in [-0.2, 0) is 11.3 Å². The Morgan fingerprint density at radius 3 is 2.47 bits per heavy atom. The fraction of sp³-hybridized carbons (Fsp3) is 0.500. The second-order valence-electron chi connectivity index (χ2n) is 4.84. The normalized spacial score (nSPS) is 11.5. The van der Waals surface area contributed by atoms with Crippen molar-refractivity contribution in [2.24, 2.45) is 5.41 Å². The molecule has 0 aromatic carbocycles. The van der Waals surface area contributed by atoms with Gasteiger partial charge in [-0.15, -0.1) is 0 Å². The Morgan fingerprint density at radius 1 is 1.40 bits per heavy atom. The fourth-order valence-corrected chi connectivity index (χ4v) is 1.13. The summed E-state index contributed by atoms with van der Waals surface area (Å²) in [6.45, 7) is 7.58. The van der Waals surface area contributed by atoms with E-state index >= 15 is 0 Å². The van der Waals surface area contributed by atoms with Crippen LogP contribution in [0.1, 0.15) is 26.3 Å². The van der Waals surface area contributed by atoms with E-state index in [9.17, 15) is 9.59 Å². The van der Waals surface area contributed by atoms with E-state index in [-0.39, 0.29) is 17.9 Å². The third-order valence-corrected chi connectivity index (χ3v) is 2.30. The van der Waals surface area contributed by atoms with E-state index in [1.807, 2.05) is 33.8 Å². The molecule has 0 unspecified atom stereocenters. The largest absolute Gasteiger partial charge is 0.308 e. The van der Waals surface area contributed by atoms with Gasteiger partial charge in [0.2, 0.25) is 0 Å². The minimum atomic E-state index is -0.398. The van der Waals surface area contributed by atoms with Crippen LogP contribution in [-0.4, -0.2) is 10.4 Å². The lowest BCUT2D eigenvalue weighted by Gasteiger charge is -2.17. The molecule has 0 spiro atoms. The van der Waals surface area contributed by atoms with E-state index in [0.717, 1.165) is 5.56 Å². The first-order chi connectivity index (χ1) is 6.80. The molecule has 0 aliphatic rings. The first-order valence-corrected chi connectivity index (χ1v) is 5.01. The number of carbonyl (C=O) groups is 1. The highest BCUT2D eigenvalue weighted by atomic mass is 16.1. The smallest absolute Gasteiger partial charge is 0.251 e. The molecule has 0 saturated heterocycles. The van der Waals surface area contributed by atoms with Gasteiger partial charge in [0.1, 0.15) is 0 Å². The molecule has 3 heteroatoms. The first kappa shape index (κ1) is 11.7. The van der Waals surface area contributed by atoms with Gasteiger partial charge in [-0.2, -0.15) is 0 Å². The Morgan fingerprint density at radius 2 is 2.00 bits per heavy atom. The third-order valence-electron chi connectivity index (χ3n) is 2.30. The van der Waals surface area contributed by atoms with Crippen molar-refractivity contribution in [2.45, 2.75) is 34.2 Å². The van der Waals surface area contributed by atoms with E-state index in [1.165, 1.54) is 10.6 Å². The van der Waals surface area contributed by atoms with Crippen LogP contribution in [0, 0.1) is 12.3 Å². The standard InChI is InChI=1S/C12H17NO2/c1-9-5-6-13(11(15)7-9)8-10(14)12(2,3)4/h5-7H,8H2,1-4H3. The van der Waals surface area contributed by atoms with Gasteiger partial charge < -0.3 is 4.57 Å². The van der Waals surface area contributed by atoms with Gasteiger partial charge in [-0.25, -0.2) is 0 Å². The second kappa shape index (κ2) is 4.01. The van der Waals surface area contributed by atoms with E-state index in [0.29, 0.717) is 0 Å². The number of nitrogens with zero attached hydrogens (tertiary/aromatic N) is 1. The minimum absolute atomic E-state index is 0.0634. The molecule has 1 heterocycles. The summed E-state index contributed by atoms with van der Waals surface area (Å²) in [6.07, 6.45) is 1.67. The number of aryl methyl sites for hydroxylation is 1. The van der Waals surface area contributed by atoms with Crippen LogP contribution in [0.3, 0.4) is 0 Å². The van der Waals surface area contributed by atoms with Crippen molar-refractivity contribution < 1.29 is 4.79 Å². The maximum absolute atomic E-state index is 11.7. The fourth-order valence-electron chi connectivity index (χ4n) is 1.13. The number of aromatic nitrogens is 1. The van der Waals surface area contributed by atoms with Gasteiger partial charge in [0.25, 0.3) is 5.56 Å². The molecule has 0 radical (unpaired) electrons. The molecule has 3 nitrogen and oxygen atoms in total. The summed E-state index contributed by atoms with van der Waals surface area (Å²) >= 11 is 0. The average molecular weight is 207 g/mol. The minimum Gasteiger partial charge on any atom is -0.308 e. The molecule has 0 saturated carbocycles. The van der Waals surface area contributed by atoms with E-state index in [1.54, 1.807) is 6.20 Å². The highest BCUT2D eigenvalue weighted by molar-refractivity contribution is 5.83. The number of rotatable bonds is 2. The summed E-state index contributed by atoms with van der Waals surface area (Å²) in [6, 6.07) is 3.37. The van der Waals surface area contributed by atoms with Crippen molar-refractivity contribution in [3.63, 3.8) is 0 Å². The van der Waals surface area contributed by atoms with Gasteiger partial charge in [0.15, 0.2) is 5.78 Å². The Balaban J connectivity index is 2.92. The summed E-state index contributed by atoms with van der Waals surface area (Å²) in [5, 5.41) is 0. The summed E-state index contributed by atoms with van der Waals surface area (Å²) in [7, 11) is 0. The van der Waals surface area contributed by atoms with Crippen LogP contribution in [0.25, 0.3) is 0 Å². The molecule has 0 amide bonds. The molecule has 0 bridgehead atoms. The molecule has 1 aromatic rings. The van der Waals surface area contributed by atoms with Crippen LogP contribution in [0.2, 0.25) is 0 Å².